The zero-order valence-electron chi connectivity index (χ0n) is 23.3. The van der Waals surface area contributed by atoms with Gasteiger partial charge in [0.1, 0.15) is 12.6 Å². The fourth-order valence-corrected chi connectivity index (χ4v) is 3.80. The van der Waals surface area contributed by atoms with E-state index in [-0.39, 0.29) is 5.90 Å². The summed E-state index contributed by atoms with van der Waals surface area (Å²) in [6, 6.07) is 7.15. The van der Waals surface area contributed by atoms with Gasteiger partial charge in [0, 0.05) is 36.9 Å². The molecule has 216 valence electrons. The van der Waals surface area contributed by atoms with Gasteiger partial charge in [-0.3, -0.25) is 4.79 Å². The van der Waals surface area contributed by atoms with Gasteiger partial charge in [-0.05, 0) is 69.8 Å². The number of hydrogen-bond donors (Lipinski definition) is 3. The zero-order chi connectivity index (χ0) is 28.5. The van der Waals surface area contributed by atoms with Crippen LogP contribution in [0.3, 0.4) is 0 Å². The van der Waals surface area contributed by atoms with Crippen LogP contribution < -0.4 is 10.6 Å². The maximum Gasteiger partial charge on any atom is 0.281 e. The fourth-order valence-electron chi connectivity index (χ4n) is 3.80. The van der Waals surface area contributed by atoms with Gasteiger partial charge in [-0.2, -0.15) is 16.9 Å². The van der Waals surface area contributed by atoms with Crippen LogP contribution in [0.4, 0.5) is 0 Å². The predicted octanol–water partition coefficient (Wildman–Crippen LogP) is 3.70. The summed E-state index contributed by atoms with van der Waals surface area (Å²) in [6.45, 7) is 6.34. The first kappa shape index (κ1) is 35.9. The van der Waals surface area contributed by atoms with Crippen molar-refractivity contribution in [3.8, 4) is 0 Å². The minimum Gasteiger partial charge on any atom is -0.379 e. The molecular weight excluding hydrogens is 508 g/mol. The van der Waals surface area contributed by atoms with Gasteiger partial charge >= 0.3 is 0 Å². The number of benzene rings is 1. The van der Waals surface area contributed by atoms with Gasteiger partial charge in [-0.15, -0.1) is 5.10 Å². The van der Waals surface area contributed by atoms with E-state index in [1.54, 1.807) is 36.0 Å². The van der Waals surface area contributed by atoms with Crippen LogP contribution in [0.1, 0.15) is 54.4 Å². The number of hydrogen-bond acceptors (Lipinski definition) is 11. The molecule has 2 saturated carbocycles. The van der Waals surface area contributed by atoms with Crippen molar-refractivity contribution in [1.29, 1.82) is 0 Å². The molecule has 3 N–H and O–H groups in total. The Balaban J connectivity index is 0.000000521. The number of rotatable bonds is 13. The topological polar surface area (TPSA) is 131 Å². The van der Waals surface area contributed by atoms with E-state index in [0.29, 0.717) is 50.3 Å². The first-order chi connectivity index (χ1) is 18.5. The first-order valence-electron chi connectivity index (χ1n) is 12.7. The van der Waals surface area contributed by atoms with E-state index in [4.69, 9.17) is 14.7 Å². The molecule has 2 aliphatic rings. The summed E-state index contributed by atoms with van der Waals surface area (Å²) in [7, 11) is 3.96. The SMILES string of the molecule is C=N/N=C(\OO)c1ccc(C=O)cc1.CNC1CC2(CCC2)C1.CNCCOCCOCCC=O.CSC. The Morgan fingerprint density at radius 3 is 2.13 bits per heavy atom. The van der Waals surface area contributed by atoms with E-state index < -0.39 is 0 Å². The highest BCUT2D eigenvalue weighted by Gasteiger charge is 2.47. The van der Waals surface area contributed by atoms with E-state index in [1.165, 1.54) is 32.1 Å². The van der Waals surface area contributed by atoms with Gasteiger partial charge < -0.3 is 29.8 Å². The molecular formula is C27H46N4O6S. The van der Waals surface area contributed by atoms with Crippen molar-refractivity contribution >= 4 is 36.9 Å². The molecule has 1 spiro atoms. The number of nitrogens with zero attached hydrogens (tertiary/aromatic N) is 2. The molecule has 0 saturated heterocycles. The van der Waals surface area contributed by atoms with Gasteiger partial charge in [0.05, 0.1) is 26.4 Å². The summed E-state index contributed by atoms with van der Waals surface area (Å²) in [5.41, 5.74) is 1.89. The maximum atomic E-state index is 10.3. The number of carbonyl (C=O) groups excluding carboxylic acids is 2. The summed E-state index contributed by atoms with van der Waals surface area (Å²) in [6.07, 6.45) is 13.6. The second kappa shape index (κ2) is 23.9. The minimum atomic E-state index is -0.0718. The minimum absolute atomic E-state index is 0.0718. The molecule has 3 rings (SSSR count). The Kier molecular flexibility index (Phi) is 22.6. The van der Waals surface area contributed by atoms with Gasteiger partial charge in [0.25, 0.3) is 5.90 Å². The summed E-state index contributed by atoms with van der Waals surface area (Å²) in [5, 5.41) is 21.4. The Labute approximate surface area is 231 Å². The Morgan fingerprint density at radius 2 is 1.71 bits per heavy atom. The normalized spacial score (nSPS) is 15.1. The van der Waals surface area contributed by atoms with Crippen molar-refractivity contribution in [3.63, 3.8) is 0 Å². The van der Waals surface area contributed by atoms with Crippen LogP contribution in [0.2, 0.25) is 0 Å². The fraction of sp³-hybridized carbons (Fsp3) is 0.630. The van der Waals surface area contributed by atoms with E-state index in [0.717, 1.165) is 24.3 Å². The van der Waals surface area contributed by atoms with Crippen molar-refractivity contribution in [3.05, 3.63) is 35.4 Å². The van der Waals surface area contributed by atoms with Gasteiger partial charge in [-0.1, -0.05) is 18.6 Å². The molecule has 0 unspecified atom stereocenters. The lowest BCUT2D eigenvalue weighted by Gasteiger charge is -2.54. The van der Waals surface area contributed by atoms with Gasteiger partial charge in [-0.25, -0.2) is 5.26 Å². The highest BCUT2D eigenvalue weighted by molar-refractivity contribution is 7.97. The third-order valence-electron chi connectivity index (χ3n) is 5.97. The van der Waals surface area contributed by atoms with Crippen LogP contribution in [0.5, 0.6) is 0 Å². The monoisotopic (exact) mass is 554 g/mol. The quantitative estimate of drug-likeness (QED) is 0.0834. The third kappa shape index (κ3) is 16.0. The lowest BCUT2D eigenvalue weighted by atomic mass is 9.54. The molecule has 2 aliphatic carbocycles. The van der Waals surface area contributed by atoms with E-state index >= 15 is 0 Å². The maximum absolute atomic E-state index is 10.3. The van der Waals surface area contributed by atoms with Crippen LogP contribution >= 0.6 is 11.8 Å². The molecule has 1 aromatic rings. The molecule has 0 bridgehead atoms. The second-order valence-electron chi connectivity index (χ2n) is 8.82. The number of carbonyl (C=O) groups is 2. The number of thioether (sulfide) groups is 1. The molecule has 0 amide bonds. The Morgan fingerprint density at radius 1 is 1.11 bits per heavy atom. The molecule has 1 aromatic carbocycles. The van der Waals surface area contributed by atoms with Crippen LogP contribution in [0.15, 0.2) is 34.5 Å². The van der Waals surface area contributed by atoms with E-state index in [9.17, 15) is 9.59 Å². The smallest absolute Gasteiger partial charge is 0.281 e. The lowest BCUT2D eigenvalue weighted by molar-refractivity contribution is -0.154. The third-order valence-corrected chi connectivity index (χ3v) is 5.97. The van der Waals surface area contributed by atoms with Crippen molar-refractivity contribution in [2.24, 2.45) is 15.6 Å². The number of likely N-dealkylation sites (N-methyl/N-ethyl adjacent to an activating group) is 1. The molecule has 0 aromatic heterocycles. The summed E-state index contributed by atoms with van der Waals surface area (Å²) in [5.74, 6) is -0.0718. The summed E-state index contributed by atoms with van der Waals surface area (Å²) in [4.78, 5) is 24.2. The van der Waals surface area contributed by atoms with Gasteiger partial charge in [0.2, 0.25) is 0 Å². The zero-order valence-corrected chi connectivity index (χ0v) is 24.1. The molecule has 2 fully saturated rings. The first-order valence-corrected chi connectivity index (χ1v) is 14.3. The molecule has 0 atom stereocenters. The van der Waals surface area contributed by atoms with Crippen LogP contribution in [0.25, 0.3) is 0 Å². The predicted molar refractivity (Wildman–Crippen MR) is 156 cm³/mol. The molecule has 0 heterocycles. The van der Waals surface area contributed by atoms with Crippen LogP contribution in [-0.4, -0.2) is 96.1 Å². The van der Waals surface area contributed by atoms with Crippen molar-refractivity contribution in [1.82, 2.24) is 10.6 Å². The lowest BCUT2D eigenvalue weighted by Crippen LogP contribution is -2.51. The Bertz CT molecular complexity index is 767. The largest absolute Gasteiger partial charge is 0.379 e. The number of aldehydes is 2. The van der Waals surface area contributed by atoms with E-state index in [1.807, 2.05) is 19.6 Å². The molecule has 0 radical (unpaired) electrons. The van der Waals surface area contributed by atoms with Crippen molar-refractivity contribution in [2.75, 3.05) is 59.6 Å². The molecule has 11 heteroatoms. The van der Waals surface area contributed by atoms with Crippen LogP contribution in [-0.2, 0) is 19.2 Å². The molecule has 10 nitrogen and oxygen atoms in total. The average Bonchev–Trinajstić information content (AvgIpc) is 2.89. The van der Waals surface area contributed by atoms with Crippen molar-refractivity contribution < 1.29 is 29.2 Å². The second-order valence-corrected chi connectivity index (χ2v) is 9.63. The molecule has 0 aliphatic heterocycles. The Hall–Kier alpha value is -2.15. The number of nitrogens with one attached hydrogen (secondary N) is 2. The highest BCUT2D eigenvalue weighted by Crippen LogP contribution is 2.55. The highest BCUT2D eigenvalue weighted by atomic mass is 32.2. The van der Waals surface area contributed by atoms with Crippen LogP contribution in [0, 0.1) is 5.41 Å². The average molecular weight is 555 g/mol. The standard InChI is InChI=1S/C9H8N2O3.C8H17NO3.C8H15N.C2H6S/c1-10-11-9(14-13)8-4-2-7(6-12)3-5-8;1-9-3-6-12-8-7-11-5-2-4-10;1-9-7-5-8(6-7)3-2-4-8;1-3-2/h2-6,13H,1H2;4,9H,2-3,5-8H2,1H3;7,9H,2-6H2,1H3;1-2H3/b11-9-;;;. The van der Waals surface area contributed by atoms with Crippen molar-refractivity contribution in [2.45, 2.75) is 44.6 Å². The molecule has 38 heavy (non-hydrogen) atoms. The summed E-state index contributed by atoms with van der Waals surface area (Å²) >= 11 is 1.75. The summed E-state index contributed by atoms with van der Waals surface area (Å²) < 4.78 is 10.3. The van der Waals surface area contributed by atoms with E-state index in [2.05, 4.69) is 39.5 Å². The van der Waals surface area contributed by atoms with Gasteiger partial charge in [0.15, 0.2) is 0 Å². The number of ether oxygens (including phenoxy) is 2.